The van der Waals surface area contributed by atoms with Gasteiger partial charge in [0.15, 0.2) is 11.5 Å². The number of nitrogens with one attached hydrogen (secondary N) is 1. The molecule has 154 valence electrons. The number of rotatable bonds is 3. The highest BCUT2D eigenvalue weighted by Gasteiger charge is 2.78. The van der Waals surface area contributed by atoms with Crippen molar-refractivity contribution in [2.24, 2.45) is 5.41 Å². The predicted molar refractivity (Wildman–Crippen MR) is 107 cm³/mol. The van der Waals surface area contributed by atoms with Crippen LogP contribution in [0.1, 0.15) is 30.9 Å². The number of hydroxylamine groups is 1. The summed E-state index contributed by atoms with van der Waals surface area (Å²) in [5.74, 6) is 1.69. The topological polar surface area (TPSA) is 63.2 Å². The number of hydrogen-bond acceptors (Lipinski definition) is 6. The van der Waals surface area contributed by atoms with E-state index in [2.05, 4.69) is 35.6 Å². The summed E-state index contributed by atoms with van der Waals surface area (Å²) in [6, 6.07) is 4.65. The van der Waals surface area contributed by atoms with Gasteiger partial charge in [-0.1, -0.05) is 12.1 Å². The molecule has 0 aromatic heterocycles. The zero-order valence-electron chi connectivity index (χ0n) is 17.4. The lowest BCUT2D eigenvalue weighted by Crippen LogP contribution is -2.77. The number of allylic oxidation sites excluding steroid dienone is 1. The SMILES string of the molecule is COc1ccc2c3c1O[C@@H]1[C@]34CCN(C)[C@@H](C2)[C@]42C=C[C@@]1(OC)C(=C(C)NO)C2. The van der Waals surface area contributed by atoms with E-state index in [1.807, 2.05) is 13.0 Å². The van der Waals surface area contributed by atoms with Crippen molar-refractivity contribution in [3.8, 4) is 11.5 Å². The second-order valence-electron chi connectivity index (χ2n) is 9.31. The molecule has 6 heteroatoms. The molecule has 6 aliphatic rings. The molecule has 2 spiro atoms. The Kier molecular flexibility index (Phi) is 3.29. The van der Waals surface area contributed by atoms with Crippen LogP contribution in [0.2, 0.25) is 0 Å². The number of nitrogens with zero attached hydrogens (tertiary/aromatic N) is 1. The Labute approximate surface area is 171 Å². The summed E-state index contributed by atoms with van der Waals surface area (Å²) in [6.07, 6.45) is 7.30. The third-order valence-electron chi connectivity index (χ3n) is 8.70. The lowest BCUT2D eigenvalue weighted by Gasteiger charge is -2.70. The molecule has 0 radical (unpaired) electrons. The molecule has 6 nitrogen and oxygen atoms in total. The molecule has 2 N–H and O–H groups in total. The molecule has 7 rings (SSSR count). The number of fused-ring (bicyclic) bond motifs is 1. The van der Waals surface area contributed by atoms with Crippen molar-refractivity contribution in [1.82, 2.24) is 10.4 Å². The van der Waals surface area contributed by atoms with Gasteiger partial charge in [0.1, 0.15) is 11.7 Å². The Morgan fingerprint density at radius 3 is 2.86 bits per heavy atom. The third kappa shape index (κ3) is 1.66. The van der Waals surface area contributed by atoms with Crippen LogP contribution in [0.3, 0.4) is 0 Å². The molecular formula is C23H28N2O4. The molecule has 1 saturated heterocycles. The molecule has 2 fully saturated rings. The van der Waals surface area contributed by atoms with Gasteiger partial charge in [-0.25, -0.2) is 0 Å². The van der Waals surface area contributed by atoms with Gasteiger partial charge < -0.3 is 19.1 Å². The van der Waals surface area contributed by atoms with Gasteiger partial charge in [0.25, 0.3) is 0 Å². The van der Waals surface area contributed by atoms with Crippen molar-refractivity contribution in [2.75, 3.05) is 27.8 Å². The zero-order valence-corrected chi connectivity index (χ0v) is 17.4. The Morgan fingerprint density at radius 2 is 2.14 bits per heavy atom. The fourth-order valence-electron chi connectivity index (χ4n) is 7.49. The molecule has 4 aliphatic carbocycles. The van der Waals surface area contributed by atoms with Crippen molar-refractivity contribution in [1.29, 1.82) is 0 Å². The Balaban J connectivity index is 1.73. The maximum atomic E-state index is 9.78. The largest absolute Gasteiger partial charge is 0.493 e. The highest BCUT2D eigenvalue weighted by molar-refractivity contribution is 5.67. The van der Waals surface area contributed by atoms with Gasteiger partial charge in [-0.05, 0) is 63.1 Å². The first kappa shape index (κ1) is 17.8. The average molecular weight is 396 g/mol. The second kappa shape index (κ2) is 5.36. The van der Waals surface area contributed by atoms with Gasteiger partial charge in [-0.3, -0.25) is 10.7 Å². The summed E-state index contributed by atoms with van der Waals surface area (Å²) in [4.78, 5) is 2.52. The van der Waals surface area contributed by atoms with Crippen LogP contribution in [0.4, 0.5) is 0 Å². The van der Waals surface area contributed by atoms with Gasteiger partial charge in [-0.2, -0.15) is 0 Å². The van der Waals surface area contributed by atoms with Crippen LogP contribution in [-0.2, 0) is 16.6 Å². The number of likely N-dealkylation sites (tertiary alicyclic amines) is 1. The quantitative estimate of drug-likeness (QED) is 0.605. The molecule has 29 heavy (non-hydrogen) atoms. The molecule has 2 heterocycles. The van der Waals surface area contributed by atoms with Crippen molar-refractivity contribution >= 4 is 0 Å². The van der Waals surface area contributed by atoms with Crippen molar-refractivity contribution in [3.05, 3.63) is 46.7 Å². The smallest absolute Gasteiger partial charge is 0.166 e. The summed E-state index contributed by atoms with van der Waals surface area (Å²) in [5, 5.41) is 9.78. The van der Waals surface area contributed by atoms with E-state index in [4.69, 9.17) is 14.2 Å². The molecule has 0 unspecified atom stereocenters. The molecule has 1 saturated carbocycles. The molecule has 0 amide bonds. The van der Waals surface area contributed by atoms with Crippen LogP contribution in [-0.4, -0.2) is 55.7 Å². The van der Waals surface area contributed by atoms with E-state index >= 15 is 0 Å². The molecule has 4 bridgehead atoms. The van der Waals surface area contributed by atoms with Crippen molar-refractivity contribution in [2.45, 2.75) is 49.3 Å². The Hall–Kier alpha value is -2.02. The number of methoxy groups -OCH3 is 2. The number of likely N-dealkylation sites (N-methyl/N-ethyl adjacent to an activating group) is 1. The van der Waals surface area contributed by atoms with Gasteiger partial charge in [0, 0.05) is 29.8 Å². The number of ether oxygens (including phenoxy) is 3. The zero-order chi connectivity index (χ0) is 20.2. The normalized spacial score (nSPS) is 42.4. The lowest BCUT2D eigenvalue weighted by atomic mass is 9.38. The van der Waals surface area contributed by atoms with Crippen LogP contribution in [0.25, 0.3) is 0 Å². The highest BCUT2D eigenvalue weighted by Crippen LogP contribution is 2.74. The van der Waals surface area contributed by atoms with E-state index < -0.39 is 5.60 Å². The maximum Gasteiger partial charge on any atom is 0.166 e. The minimum Gasteiger partial charge on any atom is -0.493 e. The van der Waals surface area contributed by atoms with Gasteiger partial charge >= 0.3 is 0 Å². The molecule has 1 aromatic carbocycles. The van der Waals surface area contributed by atoms with E-state index in [0.717, 1.165) is 48.6 Å². The van der Waals surface area contributed by atoms with Crippen LogP contribution in [0.15, 0.2) is 35.6 Å². The molecule has 2 aliphatic heterocycles. The van der Waals surface area contributed by atoms with Gasteiger partial charge in [-0.15, -0.1) is 0 Å². The highest BCUT2D eigenvalue weighted by atomic mass is 16.6. The van der Waals surface area contributed by atoms with Crippen LogP contribution in [0.5, 0.6) is 11.5 Å². The summed E-state index contributed by atoms with van der Waals surface area (Å²) in [7, 11) is 5.71. The third-order valence-corrected chi connectivity index (χ3v) is 8.70. The average Bonchev–Trinajstić information content (AvgIpc) is 3.12. The summed E-state index contributed by atoms with van der Waals surface area (Å²) in [6.45, 7) is 2.96. The fraction of sp³-hybridized carbons (Fsp3) is 0.565. The van der Waals surface area contributed by atoms with E-state index in [9.17, 15) is 5.21 Å². The Morgan fingerprint density at radius 1 is 1.31 bits per heavy atom. The molecular weight excluding hydrogens is 368 g/mol. The van der Waals surface area contributed by atoms with E-state index in [1.54, 1.807) is 14.2 Å². The summed E-state index contributed by atoms with van der Waals surface area (Å²) < 4.78 is 18.8. The first-order valence-electron chi connectivity index (χ1n) is 10.4. The summed E-state index contributed by atoms with van der Waals surface area (Å²) >= 11 is 0. The standard InChI is InChI=1S/C23H28N2O4/c1-13(24-26)15-12-21-7-8-23(15,28-4)20-22(21)9-10-25(2)17(21)11-14-5-6-16(27-3)19(29-20)18(14)22/h5-8,17,20,24,26H,9-12H2,1-4H3/t17-,20+,21+,22-,23+/m0/s1. The first-order valence-corrected chi connectivity index (χ1v) is 10.4. The number of piperidine rings is 1. The monoisotopic (exact) mass is 396 g/mol. The summed E-state index contributed by atoms with van der Waals surface area (Å²) in [5.41, 5.74) is 6.01. The van der Waals surface area contributed by atoms with Crippen molar-refractivity contribution in [3.63, 3.8) is 0 Å². The van der Waals surface area contributed by atoms with Crippen LogP contribution in [0, 0.1) is 5.41 Å². The molecule has 1 aromatic rings. The number of hydrogen-bond donors (Lipinski definition) is 2. The Bertz CT molecular complexity index is 987. The molecule has 5 atom stereocenters. The van der Waals surface area contributed by atoms with Crippen LogP contribution >= 0.6 is 0 Å². The maximum absolute atomic E-state index is 9.78. The second-order valence-corrected chi connectivity index (χ2v) is 9.31. The first-order chi connectivity index (χ1) is 14.0. The van der Waals surface area contributed by atoms with Gasteiger partial charge in [0.2, 0.25) is 0 Å². The predicted octanol–water partition coefficient (Wildman–Crippen LogP) is 2.55. The van der Waals surface area contributed by atoms with E-state index in [0.29, 0.717) is 6.04 Å². The van der Waals surface area contributed by atoms with Crippen molar-refractivity contribution < 1.29 is 19.4 Å². The van der Waals surface area contributed by atoms with Gasteiger partial charge in [0.05, 0.1) is 12.5 Å². The van der Waals surface area contributed by atoms with E-state index in [1.165, 1.54) is 11.1 Å². The van der Waals surface area contributed by atoms with E-state index in [-0.39, 0.29) is 16.9 Å². The fourth-order valence-corrected chi connectivity index (χ4v) is 7.49. The van der Waals surface area contributed by atoms with Crippen LogP contribution < -0.4 is 15.0 Å². The lowest BCUT2D eigenvalue weighted by molar-refractivity contribution is -0.160. The minimum atomic E-state index is -0.708. The minimum absolute atomic E-state index is 0.0942. The number of benzene rings is 1.